The lowest BCUT2D eigenvalue weighted by Crippen LogP contribution is -2.26. The largest absolute Gasteiger partial charge is 0.454 e. The van der Waals surface area contributed by atoms with Crippen molar-refractivity contribution in [2.24, 2.45) is 0 Å². The summed E-state index contributed by atoms with van der Waals surface area (Å²) in [5, 5.41) is 11.7. The van der Waals surface area contributed by atoms with Crippen LogP contribution in [-0.2, 0) is 5.41 Å². The Labute approximate surface area is 456 Å². The quantitative estimate of drug-likeness (QED) is 0.166. The molecular formula is C75H48N2O2. The molecule has 15 aromatic rings. The molecule has 13 aromatic carbocycles. The highest BCUT2D eigenvalue weighted by molar-refractivity contribution is 6.15. The van der Waals surface area contributed by atoms with Crippen molar-refractivity contribution >= 4 is 110 Å². The van der Waals surface area contributed by atoms with Crippen molar-refractivity contribution in [1.29, 1.82) is 0 Å². The van der Waals surface area contributed by atoms with Gasteiger partial charge in [0.05, 0.1) is 16.8 Å². The third-order valence-corrected chi connectivity index (χ3v) is 17.5. The molecule has 0 atom stereocenters. The van der Waals surface area contributed by atoms with Crippen molar-refractivity contribution in [3.8, 4) is 22.3 Å². The normalized spacial score (nSPS) is 13.0. The van der Waals surface area contributed by atoms with E-state index in [1.165, 1.54) is 88.0 Å². The van der Waals surface area contributed by atoms with Crippen LogP contribution in [0.25, 0.3) is 98.4 Å². The Bertz CT molecular complexity index is 4840. The number of hydrogen-bond donors (Lipinski definition) is 0. The van der Waals surface area contributed by atoms with Gasteiger partial charge >= 0.3 is 0 Å². The first-order valence-electron chi connectivity index (χ1n) is 27.3. The second-order valence-corrected chi connectivity index (χ2v) is 21.5. The highest BCUT2D eigenvalue weighted by Gasteiger charge is 2.53. The highest BCUT2D eigenvalue weighted by Crippen LogP contribution is 2.66. The lowest BCUT2D eigenvalue weighted by atomic mass is 9.68. The van der Waals surface area contributed by atoms with Gasteiger partial charge in [0.15, 0.2) is 11.2 Å². The summed E-state index contributed by atoms with van der Waals surface area (Å²) in [5.74, 6) is 0. The highest BCUT2D eigenvalue weighted by atomic mass is 16.3. The molecule has 2 heterocycles. The molecule has 2 aromatic heterocycles. The molecule has 17 rings (SSSR count). The fraction of sp³-hybridized carbons (Fsp3) is 0.0400. The summed E-state index contributed by atoms with van der Waals surface area (Å²) in [4.78, 5) is 4.78. The number of furan rings is 2. The topological polar surface area (TPSA) is 32.8 Å². The van der Waals surface area contributed by atoms with Crippen LogP contribution < -0.4 is 9.80 Å². The van der Waals surface area contributed by atoms with Crippen LogP contribution in [0.2, 0.25) is 0 Å². The minimum atomic E-state index is -0.659. The predicted octanol–water partition coefficient (Wildman–Crippen LogP) is 20.8. The Morgan fingerprint density at radius 3 is 1.33 bits per heavy atom. The fourth-order valence-electron chi connectivity index (χ4n) is 14.1. The minimum Gasteiger partial charge on any atom is -0.454 e. The SMILES string of the molecule is Cc1ccccc1N(c1ccc2c3c(ccc2c1)-c1ccc2cc(N(c4ccccc4C)c4cccc5c4oc4ccccc45)ccc2c1C31c2ccccc2-c2c1ccc1ccccc21)c1cccc2c1oc1ccccc12. The van der Waals surface area contributed by atoms with Crippen molar-refractivity contribution < 1.29 is 8.83 Å². The molecule has 2 aliphatic rings. The Hall–Kier alpha value is -10.2. The molecule has 0 amide bonds. The van der Waals surface area contributed by atoms with Crippen LogP contribution in [-0.4, -0.2) is 0 Å². The van der Waals surface area contributed by atoms with E-state index in [0.29, 0.717) is 0 Å². The average molecular weight is 1010 g/mol. The van der Waals surface area contributed by atoms with E-state index in [9.17, 15) is 0 Å². The number of aryl methyl sites for hydroxylation is 2. The van der Waals surface area contributed by atoms with Crippen LogP contribution in [0.5, 0.6) is 0 Å². The maximum atomic E-state index is 6.78. The molecule has 0 aliphatic heterocycles. The average Bonchev–Trinajstić information content (AvgIpc) is 2.26. The summed E-state index contributed by atoms with van der Waals surface area (Å²) in [5.41, 5.74) is 21.9. The van der Waals surface area contributed by atoms with E-state index in [-0.39, 0.29) is 0 Å². The summed E-state index contributed by atoms with van der Waals surface area (Å²) in [6.45, 7) is 4.40. The van der Waals surface area contributed by atoms with Crippen LogP contribution in [0.15, 0.2) is 264 Å². The van der Waals surface area contributed by atoms with Gasteiger partial charge in [-0.15, -0.1) is 0 Å². The Balaban J connectivity index is 0.924. The molecule has 4 heteroatoms. The van der Waals surface area contributed by atoms with Gasteiger partial charge in [-0.3, -0.25) is 0 Å². The minimum absolute atomic E-state index is 0.659. The van der Waals surface area contributed by atoms with Crippen molar-refractivity contribution in [3.63, 3.8) is 0 Å². The van der Waals surface area contributed by atoms with Gasteiger partial charge in [-0.25, -0.2) is 0 Å². The second kappa shape index (κ2) is 16.4. The van der Waals surface area contributed by atoms with Gasteiger partial charge in [0.2, 0.25) is 0 Å². The van der Waals surface area contributed by atoms with Crippen LogP contribution in [0, 0.1) is 13.8 Å². The lowest BCUT2D eigenvalue weighted by molar-refractivity contribution is 0.668. The summed E-state index contributed by atoms with van der Waals surface area (Å²) >= 11 is 0. The third kappa shape index (κ3) is 6.03. The van der Waals surface area contributed by atoms with Gasteiger partial charge in [0.25, 0.3) is 0 Å². The zero-order chi connectivity index (χ0) is 52.1. The smallest absolute Gasteiger partial charge is 0.159 e. The van der Waals surface area contributed by atoms with E-state index in [1.807, 2.05) is 12.1 Å². The Kier molecular flexibility index (Phi) is 9.15. The zero-order valence-electron chi connectivity index (χ0n) is 43.5. The van der Waals surface area contributed by atoms with E-state index in [2.05, 4.69) is 266 Å². The lowest BCUT2D eigenvalue weighted by Gasteiger charge is -2.33. The van der Waals surface area contributed by atoms with Gasteiger partial charge in [0.1, 0.15) is 11.2 Å². The number of anilines is 6. The molecular weight excluding hydrogens is 961 g/mol. The number of fused-ring (bicyclic) bond motifs is 22. The van der Waals surface area contributed by atoms with Crippen LogP contribution >= 0.6 is 0 Å². The zero-order valence-corrected chi connectivity index (χ0v) is 43.5. The number of benzene rings is 13. The summed E-state index contributed by atoms with van der Waals surface area (Å²) in [6, 6.07) is 93.9. The third-order valence-electron chi connectivity index (χ3n) is 17.5. The van der Waals surface area contributed by atoms with E-state index < -0.39 is 5.41 Å². The molecule has 0 saturated heterocycles. The van der Waals surface area contributed by atoms with Crippen LogP contribution in [0.1, 0.15) is 33.4 Å². The van der Waals surface area contributed by atoms with Crippen molar-refractivity contribution in [3.05, 3.63) is 288 Å². The van der Waals surface area contributed by atoms with E-state index >= 15 is 0 Å². The first-order chi connectivity index (χ1) is 39.0. The molecule has 0 saturated carbocycles. The standard InChI is InChI=1S/C75H48N2O2/c1-45-17-3-11-27-64(45)76(66-29-15-24-59-55-21-8-13-31-68(55)78-73(59)66)50-36-40-53-48(43-50)33-38-57-58-39-34-49-44-51(77(65-28-12-4-18-46(65)2)67-30-16-25-60-56-22-9-14-32-69(56)79-74(60)67)37-41-54(49)72(58)75(71(53)57)62-26-10-7-23-61(62)70-52-20-6-5-19-47(52)35-42-63(70)75/h3-44H,1-2H3. The van der Waals surface area contributed by atoms with E-state index in [1.54, 1.807) is 0 Å². The number of nitrogens with zero attached hydrogens (tertiary/aromatic N) is 2. The van der Waals surface area contributed by atoms with Crippen LogP contribution in [0.3, 0.4) is 0 Å². The Morgan fingerprint density at radius 2 is 0.759 bits per heavy atom. The molecule has 0 N–H and O–H groups in total. The molecule has 0 unspecified atom stereocenters. The van der Waals surface area contributed by atoms with Gasteiger partial charge < -0.3 is 18.6 Å². The van der Waals surface area contributed by atoms with Crippen LogP contribution in [0.4, 0.5) is 34.1 Å². The van der Waals surface area contributed by atoms with Crippen molar-refractivity contribution in [2.45, 2.75) is 19.3 Å². The number of rotatable bonds is 6. The Morgan fingerprint density at radius 1 is 0.304 bits per heavy atom. The predicted molar refractivity (Wildman–Crippen MR) is 329 cm³/mol. The van der Waals surface area contributed by atoms with Gasteiger partial charge in [-0.05, 0) is 162 Å². The number of hydrogen-bond acceptors (Lipinski definition) is 4. The summed E-state index contributed by atoms with van der Waals surface area (Å²) < 4.78 is 13.6. The van der Waals surface area contributed by atoms with Crippen molar-refractivity contribution in [1.82, 2.24) is 0 Å². The van der Waals surface area contributed by atoms with E-state index in [4.69, 9.17) is 8.83 Å². The summed E-state index contributed by atoms with van der Waals surface area (Å²) in [6.07, 6.45) is 0. The monoisotopic (exact) mass is 1010 g/mol. The maximum absolute atomic E-state index is 6.78. The van der Waals surface area contributed by atoms with E-state index in [0.717, 1.165) is 78.0 Å². The second-order valence-electron chi connectivity index (χ2n) is 21.5. The first-order valence-corrected chi connectivity index (χ1v) is 27.3. The molecule has 0 radical (unpaired) electrons. The first kappa shape index (κ1) is 44.0. The van der Waals surface area contributed by atoms with Gasteiger partial charge in [-0.1, -0.05) is 194 Å². The molecule has 2 aliphatic carbocycles. The molecule has 1 spiro atoms. The maximum Gasteiger partial charge on any atom is 0.159 e. The van der Waals surface area contributed by atoms with Gasteiger partial charge in [0, 0.05) is 44.3 Å². The molecule has 4 nitrogen and oxygen atoms in total. The van der Waals surface area contributed by atoms with Crippen molar-refractivity contribution in [2.75, 3.05) is 9.80 Å². The summed E-state index contributed by atoms with van der Waals surface area (Å²) in [7, 11) is 0. The molecule has 0 bridgehead atoms. The fourth-order valence-corrected chi connectivity index (χ4v) is 14.1. The molecule has 0 fully saturated rings. The van der Waals surface area contributed by atoms with Gasteiger partial charge in [-0.2, -0.15) is 0 Å². The molecule has 370 valence electrons. The molecule has 79 heavy (non-hydrogen) atoms. The number of para-hydroxylation sites is 6.